The van der Waals surface area contributed by atoms with E-state index >= 15 is 0 Å². The molecule has 1 heterocycles. The molecule has 1 radical (unpaired) electrons. The van der Waals surface area contributed by atoms with Crippen LogP contribution < -0.4 is 11.1 Å². The van der Waals surface area contributed by atoms with Crippen molar-refractivity contribution in [1.82, 2.24) is 10.2 Å². The third-order valence-corrected chi connectivity index (χ3v) is 5.18. The van der Waals surface area contributed by atoms with Crippen LogP contribution in [-0.4, -0.2) is 41.4 Å². The van der Waals surface area contributed by atoms with Gasteiger partial charge in [0, 0.05) is 24.5 Å². The summed E-state index contributed by atoms with van der Waals surface area (Å²) in [6.07, 6.45) is 7.23. The molecule has 3 N–H and O–H groups in total. The summed E-state index contributed by atoms with van der Waals surface area (Å²) in [5.41, 5.74) is 3.74. The van der Waals surface area contributed by atoms with Gasteiger partial charge < -0.3 is 11.1 Å². The Kier molecular flexibility index (Phi) is 5.30. The molecule has 0 aromatic heterocycles. The minimum absolute atomic E-state index is 0.266. The van der Waals surface area contributed by atoms with Crippen LogP contribution in [0, 0.1) is 23.2 Å². The first kappa shape index (κ1) is 17.7. The SMILES string of the molecule is CC(C)(C[CH]C(=O)NC1(C#N)CCN(C2CCCC2)C1)C(N)=O. The smallest absolute Gasteiger partial charge is 0.225 e. The van der Waals surface area contributed by atoms with Crippen LogP contribution in [-0.2, 0) is 9.59 Å². The molecule has 0 aromatic rings. The Hall–Kier alpha value is -1.61. The zero-order chi connectivity index (χ0) is 17.1. The first-order chi connectivity index (χ1) is 10.8. The van der Waals surface area contributed by atoms with E-state index in [-0.39, 0.29) is 12.3 Å². The van der Waals surface area contributed by atoms with Crippen LogP contribution >= 0.6 is 0 Å². The lowest BCUT2D eigenvalue weighted by Crippen LogP contribution is -2.50. The zero-order valence-corrected chi connectivity index (χ0v) is 14.1. The molecule has 6 nitrogen and oxygen atoms in total. The highest BCUT2D eigenvalue weighted by Gasteiger charge is 2.42. The first-order valence-electron chi connectivity index (χ1n) is 8.39. The monoisotopic (exact) mass is 319 g/mol. The van der Waals surface area contributed by atoms with Crippen LogP contribution in [0.15, 0.2) is 0 Å². The van der Waals surface area contributed by atoms with Gasteiger partial charge in [-0.3, -0.25) is 14.5 Å². The number of carbonyl (C=O) groups is 2. The Bertz CT molecular complexity index is 505. The summed E-state index contributed by atoms with van der Waals surface area (Å²) >= 11 is 0. The summed E-state index contributed by atoms with van der Waals surface area (Å²) in [5.74, 6) is -0.737. The molecule has 2 rings (SSSR count). The van der Waals surface area contributed by atoms with Crippen LogP contribution in [0.4, 0.5) is 0 Å². The average molecular weight is 319 g/mol. The fraction of sp³-hybridized carbons (Fsp3) is 0.765. The highest BCUT2D eigenvalue weighted by Crippen LogP contribution is 2.30. The Morgan fingerprint density at radius 1 is 1.43 bits per heavy atom. The molecule has 0 spiro atoms. The molecule has 1 atom stereocenters. The second-order valence-corrected chi connectivity index (χ2v) is 7.50. The van der Waals surface area contributed by atoms with Crippen molar-refractivity contribution in [2.24, 2.45) is 11.1 Å². The molecule has 127 valence electrons. The fourth-order valence-corrected chi connectivity index (χ4v) is 3.38. The molecule has 1 aliphatic heterocycles. The maximum absolute atomic E-state index is 12.2. The molecule has 2 amide bonds. The van der Waals surface area contributed by atoms with Gasteiger partial charge in [-0.2, -0.15) is 5.26 Å². The van der Waals surface area contributed by atoms with Gasteiger partial charge in [-0.25, -0.2) is 0 Å². The predicted octanol–water partition coefficient (Wildman–Crippen LogP) is 1.12. The molecular formula is C17H27N4O2. The van der Waals surface area contributed by atoms with Crippen LogP contribution in [0.25, 0.3) is 0 Å². The van der Waals surface area contributed by atoms with Gasteiger partial charge >= 0.3 is 0 Å². The van der Waals surface area contributed by atoms with Gasteiger partial charge in [0.05, 0.1) is 12.5 Å². The molecule has 0 bridgehead atoms. The number of primary amides is 1. The van der Waals surface area contributed by atoms with E-state index in [4.69, 9.17) is 5.73 Å². The van der Waals surface area contributed by atoms with Gasteiger partial charge in [0.25, 0.3) is 0 Å². The van der Waals surface area contributed by atoms with Crippen molar-refractivity contribution in [2.75, 3.05) is 13.1 Å². The van der Waals surface area contributed by atoms with Crippen molar-refractivity contribution in [2.45, 2.75) is 64.0 Å². The summed E-state index contributed by atoms with van der Waals surface area (Å²) in [7, 11) is 0. The zero-order valence-electron chi connectivity index (χ0n) is 14.1. The predicted molar refractivity (Wildman–Crippen MR) is 86.8 cm³/mol. The average Bonchev–Trinajstić information content (AvgIpc) is 3.14. The number of nitrogens with zero attached hydrogens (tertiary/aromatic N) is 2. The van der Waals surface area contributed by atoms with Gasteiger partial charge in [0.15, 0.2) is 0 Å². The van der Waals surface area contributed by atoms with Gasteiger partial charge in [-0.15, -0.1) is 0 Å². The number of nitriles is 1. The fourth-order valence-electron chi connectivity index (χ4n) is 3.38. The van der Waals surface area contributed by atoms with E-state index in [0.717, 1.165) is 6.54 Å². The number of carbonyl (C=O) groups excluding carboxylic acids is 2. The number of hydrogen-bond donors (Lipinski definition) is 2. The van der Waals surface area contributed by atoms with Crippen molar-refractivity contribution in [3.63, 3.8) is 0 Å². The maximum Gasteiger partial charge on any atom is 0.225 e. The van der Waals surface area contributed by atoms with Gasteiger partial charge in [0.1, 0.15) is 5.54 Å². The number of likely N-dealkylation sites (tertiary alicyclic amines) is 1. The number of nitrogens with two attached hydrogens (primary N) is 1. The van der Waals surface area contributed by atoms with Crippen molar-refractivity contribution >= 4 is 11.8 Å². The van der Waals surface area contributed by atoms with E-state index in [1.165, 1.54) is 32.1 Å². The molecule has 1 saturated carbocycles. The maximum atomic E-state index is 12.2. The van der Waals surface area contributed by atoms with Crippen molar-refractivity contribution in [3.05, 3.63) is 6.42 Å². The highest BCUT2D eigenvalue weighted by molar-refractivity contribution is 5.87. The van der Waals surface area contributed by atoms with E-state index < -0.39 is 16.9 Å². The molecule has 1 unspecified atom stereocenters. The van der Waals surface area contributed by atoms with E-state index in [9.17, 15) is 14.9 Å². The number of nitrogens with one attached hydrogen (secondary N) is 1. The highest BCUT2D eigenvalue weighted by atomic mass is 16.2. The summed E-state index contributed by atoms with van der Waals surface area (Å²) in [6, 6.07) is 2.85. The third-order valence-electron chi connectivity index (χ3n) is 5.18. The lowest BCUT2D eigenvalue weighted by molar-refractivity contribution is -0.126. The van der Waals surface area contributed by atoms with Crippen LogP contribution in [0.2, 0.25) is 0 Å². The second kappa shape index (κ2) is 6.88. The summed E-state index contributed by atoms with van der Waals surface area (Å²) in [4.78, 5) is 25.8. The lowest BCUT2D eigenvalue weighted by Gasteiger charge is -2.27. The molecular weight excluding hydrogens is 292 g/mol. The van der Waals surface area contributed by atoms with E-state index in [1.54, 1.807) is 13.8 Å². The van der Waals surface area contributed by atoms with Gasteiger partial charge in [-0.05, 0) is 25.7 Å². The molecule has 1 aliphatic carbocycles. The normalized spacial score (nSPS) is 26.1. The molecule has 6 heteroatoms. The Morgan fingerprint density at radius 3 is 2.65 bits per heavy atom. The summed E-state index contributed by atoms with van der Waals surface area (Å²) < 4.78 is 0. The van der Waals surface area contributed by atoms with E-state index in [0.29, 0.717) is 19.0 Å². The summed E-state index contributed by atoms with van der Waals surface area (Å²) in [6.45, 7) is 4.85. The molecule has 2 aliphatic rings. The van der Waals surface area contributed by atoms with Crippen molar-refractivity contribution in [1.29, 1.82) is 5.26 Å². The summed E-state index contributed by atoms with van der Waals surface area (Å²) in [5, 5.41) is 12.4. The minimum Gasteiger partial charge on any atom is -0.369 e. The minimum atomic E-state index is -0.812. The van der Waals surface area contributed by atoms with E-state index in [2.05, 4.69) is 16.3 Å². The Balaban J connectivity index is 1.88. The number of rotatable bonds is 6. The Morgan fingerprint density at radius 2 is 2.09 bits per heavy atom. The third kappa shape index (κ3) is 4.23. The largest absolute Gasteiger partial charge is 0.369 e. The van der Waals surface area contributed by atoms with Crippen molar-refractivity contribution in [3.8, 4) is 6.07 Å². The number of amides is 2. The lowest BCUT2D eigenvalue weighted by atomic mass is 9.87. The first-order valence-corrected chi connectivity index (χ1v) is 8.39. The van der Waals surface area contributed by atoms with Crippen LogP contribution in [0.1, 0.15) is 52.4 Å². The molecule has 23 heavy (non-hydrogen) atoms. The van der Waals surface area contributed by atoms with Gasteiger partial charge in [-0.1, -0.05) is 26.7 Å². The molecule has 1 saturated heterocycles. The van der Waals surface area contributed by atoms with Crippen molar-refractivity contribution < 1.29 is 9.59 Å². The second-order valence-electron chi connectivity index (χ2n) is 7.50. The van der Waals surface area contributed by atoms with E-state index in [1.807, 2.05) is 0 Å². The topological polar surface area (TPSA) is 99.2 Å². The molecule has 0 aromatic carbocycles. The van der Waals surface area contributed by atoms with Crippen LogP contribution in [0.3, 0.4) is 0 Å². The Labute approximate surface area is 138 Å². The standard InChI is InChI=1S/C17H27N4O2/c1-16(2,15(19)23)8-7-14(22)20-17(11-18)9-10-21(12-17)13-5-3-4-6-13/h7,13H,3-6,8-10,12H2,1-2H3,(H2,19,23)(H,20,22). The molecule has 2 fully saturated rings. The number of hydrogen-bond acceptors (Lipinski definition) is 4. The quantitative estimate of drug-likeness (QED) is 0.766. The van der Waals surface area contributed by atoms with Gasteiger partial charge in [0.2, 0.25) is 11.8 Å². The van der Waals surface area contributed by atoms with Crippen LogP contribution in [0.5, 0.6) is 0 Å².